The fraction of sp³-hybridized carbons (Fsp3) is 0.429. The lowest BCUT2D eigenvalue weighted by molar-refractivity contribution is -0.139. The Morgan fingerprint density at radius 3 is 2.07 bits per heavy atom. The maximum absolute atomic E-state index is 13.2. The van der Waals surface area contributed by atoms with E-state index in [9.17, 15) is 26.3 Å². The first-order valence-corrected chi connectivity index (χ1v) is 7.42. The summed E-state index contributed by atoms with van der Waals surface area (Å²) >= 11 is 5.73. The predicted octanol–water partition coefficient (Wildman–Crippen LogP) is 4.31. The molecule has 2 unspecified atom stereocenters. The summed E-state index contributed by atoms with van der Waals surface area (Å²) in [6, 6.07) is -3.34. The van der Waals surface area contributed by atoms with Crippen molar-refractivity contribution in [2.75, 3.05) is 10.6 Å². The minimum atomic E-state index is -5.28. The third-order valence-corrected chi connectivity index (χ3v) is 3.15. The van der Waals surface area contributed by atoms with Crippen LogP contribution in [0.5, 0.6) is 0 Å². The Morgan fingerprint density at radius 2 is 1.56 bits per heavy atom. The highest BCUT2D eigenvalue weighted by molar-refractivity contribution is 6.29. The first-order valence-electron chi connectivity index (χ1n) is 9.04. The maximum atomic E-state index is 13.2. The Bertz CT molecular complexity index is 925. The molecular weight excluding hydrogens is 402 g/mol. The summed E-state index contributed by atoms with van der Waals surface area (Å²) in [5, 5.41) is 3.25. The molecule has 2 rings (SSSR count). The Hall–Kier alpha value is -2.37. The molecule has 2 heterocycles. The van der Waals surface area contributed by atoms with Gasteiger partial charge in [-0.15, -0.1) is 0 Å². The van der Waals surface area contributed by atoms with Crippen molar-refractivity contribution >= 4 is 23.5 Å². The SMILES string of the molecule is [2H]c1ccc(Cl)nc1-c1nc(NC(C)C(F)(F)F)nc(NC(C([2H])([2H])[2H])C(F)(F)F)n1. The first kappa shape index (κ1) is 15.7. The van der Waals surface area contributed by atoms with Gasteiger partial charge in [0.05, 0.1) is 1.37 Å². The highest BCUT2D eigenvalue weighted by atomic mass is 35.5. The number of aromatic nitrogens is 4. The van der Waals surface area contributed by atoms with Crippen molar-refractivity contribution in [2.24, 2.45) is 0 Å². The van der Waals surface area contributed by atoms with E-state index in [4.69, 9.17) is 17.1 Å². The Balaban J connectivity index is 2.59. The van der Waals surface area contributed by atoms with Crippen LogP contribution in [0.1, 0.15) is 19.3 Å². The molecule has 0 aliphatic heterocycles. The number of nitrogens with one attached hydrogen (secondary N) is 2. The predicted molar refractivity (Wildman–Crippen MR) is 86.3 cm³/mol. The quantitative estimate of drug-likeness (QED) is 0.556. The van der Waals surface area contributed by atoms with E-state index in [1.54, 1.807) is 5.32 Å². The van der Waals surface area contributed by atoms with E-state index < -0.39 is 49.0 Å². The molecule has 2 N–H and O–H groups in total. The van der Waals surface area contributed by atoms with Crippen molar-refractivity contribution in [2.45, 2.75) is 38.2 Å². The minimum absolute atomic E-state index is 0.158. The molecular formula is C14H13ClF6N6. The topological polar surface area (TPSA) is 75.6 Å². The van der Waals surface area contributed by atoms with Crippen molar-refractivity contribution in [3.8, 4) is 11.5 Å². The van der Waals surface area contributed by atoms with Crippen LogP contribution < -0.4 is 10.6 Å². The van der Waals surface area contributed by atoms with Crippen LogP contribution in [0.15, 0.2) is 18.2 Å². The number of rotatable bonds is 5. The van der Waals surface area contributed by atoms with E-state index in [1.807, 2.05) is 5.32 Å². The summed E-state index contributed by atoms with van der Waals surface area (Å²) < 4.78 is 107. The minimum Gasteiger partial charge on any atom is -0.343 e. The first-order chi connectivity index (χ1) is 14.0. The van der Waals surface area contributed by atoms with Gasteiger partial charge in [0.25, 0.3) is 0 Å². The second kappa shape index (κ2) is 7.71. The van der Waals surface area contributed by atoms with Crippen molar-refractivity contribution in [3.05, 3.63) is 23.3 Å². The van der Waals surface area contributed by atoms with Crippen molar-refractivity contribution in [1.29, 1.82) is 0 Å². The molecule has 2 aromatic rings. The highest BCUT2D eigenvalue weighted by Crippen LogP contribution is 2.26. The number of hydrogen-bond acceptors (Lipinski definition) is 6. The zero-order valence-electron chi connectivity index (χ0n) is 17.2. The molecule has 0 aliphatic carbocycles. The smallest absolute Gasteiger partial charge is 0.343 e. The number of anilines is 2. The van der Waals surface area contributed by atoms with Crippen LogP contribution in [0.3, 0.4) is 0 Å². The summed E-state index contributed by atoms with van der Waals surface area (Å²) in [4.78, 5) is 14.4. The van der Waals surface area contributed by atoms with Gasteiger partial charge in [0, 0.05) is 4.11 Å². The number of halogens is 7. The van der Waals surface area contributed by atoms with Crippen molar-refractivity contribution in [1.82, 2.24) is 19.9 Å². The van der Waals surface area contributed by atoms with Gasteiger partial charge in [-0.25, -0.2) is 4.98 Å². The summed E-state index contributed by atoms with van der Waals surface area (Å²) in [6.07, 6.45) is -10.0. The maximum Gasteiger partial charge on any atom is 0.408 e. The van der Waals surface area contributed by atoms with Crippen LogP contribution in [0.2, 0.25) is 5.15 Å². The van der Waals surface area contributed by atoms with E-state index in [2.05, 4.69) is 19.9 Å². The van der Waals surface area contributed by atoms with Crippen LogP contribution in [0.4, 0.5) is 38.2 Å². The standard InChI is InChI=1S/C14H13ClF6N6/c1-6(13(16,17)18)22-11-25-10(8-4-3-5-9(15)24-8)26-12(27-11)23-7(2)14(19,20)21/h3-7H,1-2H3,(H2,22,23,25,26,27)/i1D3,4D. The van der Waals surface area contributed by atoms with E-state index in [-0.39, 0.29) is 16.9 Å². The van der Waals surface area contributed by atoms with E-state index in [1.165, 1.54) is 6.07 Å². The summed E-state index contributed by atoms with van der Waals surface area (Å²) in [5.74, 6) is -2.43. The van der Waals surface area contributed by atoms with Crippen LogP contribution in [-0.4, -0.2) is 44.4 Å². The molecule has 6 nitrogen and oxygen atoms in total. The molecule has 2 aromatic heterocycles. The fourth-order valence-corrected chi connectivity index (χ4v) is 1.73. The second-order valence-electron chi connectivity index (χ2n) is 5.09. The lowest BCUT2D eigenvalue weighted by atomic mass is 10.3. The lowest BCUT2D eigenvalue weighted by Crippen LogP contribution is -2.35. The molecule has 148 valence electrons. The Kier molecular flexibility index (Phi) is 4.47. The Labute approximate surface area is 160 Å². The molecule has 27 heavy (non-hydrogen) atoms. The third kappa shape index (κ3) is 5.81. The molecule has 0 amide bonds. The molecule has 0 aliphatic rings. The monoisotopic (exact) mass is 418 g/mol. The van der Waals surface area contributed by atoms with Gasteiger partial charge in [0.15, 0.2) is 5.82 Å². The largest absolute Gasteiger partial charge is 0.408 e. The average Bonchev–Trinajstić information content (AvgIpc) is 2.59. The number of hydrogen-bond donors (Lipinski definition) is 2. The van der Waals surface area contributed by atoms with Gasteiger partial charge in [-0.05, 0) is 25.9 Å². The summed E-state index contributed by atoms with van der Waals surface area (Å²) in [7, 11) is 0. The molecule has 0 saturated heterocycles. The zero-order valence-corrected chi connectivity index (χ0v) is 14.0. The second-order valence-corrected chi connectivity index (χ2v) is 5.48. The van der Waals surface area contributed by atoms with Gasteiger partial charge in [0.1, 0.15) is 22.9 Å². The van der Waals surface area contributed by atoms with Gasteiger partial charge in [-0.2, -0.15) is 41.3 Å². The van der Waals surface area contributed by atoms with E-state index >= 15 is 0 Å². The Morgan fingerprint density at radius 1 is 1.00 bits per heavy atom. The average molecular weight is 419 g/mol. The van der Waals surface area contributed by atoms with Gasteiger partial charge >= 0.3 is 12.4 Å². The molecule has 0 radical (unpaired) electrons. The highest BCUT2D eigenvalue weighted by Gasteiger charge is 2.38. The van der Waals surface area contributed by atoms with Gasteiger partial charge in [0.2, 0.25) is 11.9 Å². The molecule has 0 spiro atoms. The lowest BCUT2D eigenvalue weighted by Gasteiger charge is -2.20. The fourth-order valence-electron chi connectivity index (χ4n) is 1.58. The van der Waals surface area contributed by atoms with Crippen molar-refractivity contribution < 1.29 is 31.8 Å². The number of pyridine rings is 1. The van der Waals surface area contributed by atoms with E-state index in [0.29, 0.717) is 6.92 Å². The zero-order chi connectivity index (χ0) is 23.8. The number of nitrogens with zero attached hydrogens (tertiary/aromatic N) is 4. The molecule has 0 fully saturated rings. The number of alkyl halides is 6. The molecule has 0 aromatic carbocycles. The van der Waals surface area contributed by atoms with Crippen LogP contribution >= 0.6 is 11.6 Å². The molecule has 0 saturated carbocycles. The molecule has 2 atom stereocenters. The van der Waals surface area contributed by atoms with E-state index in [0.717, 1.165) is 6.07 Å². The summed E-state index contributed by atoms with van der Waals surface area (Å²) in [6.45, 7) is -2.89. The third-order valence-electron chi connectivity index (χ3n) is 2.94. The van der Waals surface area contributed by atoms with Crippen molar-refractivity contribution in [3.63, 3.8) is 0 Å². The van der Waals surface area contributed by atoms with Crippen LogP contribution in [0, 0.1) is 0 Å². The van der Waals surface area contributed by atoms with Gasteiger partial charge in [-0.1, -0.05) is 17.7 Å². The molecule has 13 heteroatoms. The normalized spacial score (nSPS) is 17.2. The van der Waals surface area contributed by atoms with Gasteiger partial charge < -0.3 is 10.6 Å². The van der Waals surface area contributed by atoms with Crippen LogP contribution in [0.25, 0.3) is 11.5 Å². The summed E-state index contributed by atoms with van der Waals surface area (Å²) in [5.41, 5.74) is -0.377. The molecule has 0 bridgehead atoms. The van der Waals surface area contributed by atoms with Crippen LogP contribution in [-0.2, 0) is 0 Å². The van der Waals surface area contributed by atoms with Gasteiger partial charge in [-0.3, -0.25) is 0 Å².